The zero-order valence-electron chi connectivity index (χ0n) is 9.28. The molecule has 0 aliphatic heterocycles. The van der Waals surface area contributed by atoms with E-state index in [2.05, 4.69) is 0 Å². The van der Waals surface area contributed by atoms with Gasteiger partial charge in [0.25, 0.3) is 0 Å². The monoisotopic (exact) mass is 222 g/mol. The lowest BCUT2D eigenvalue weighted by Crippen LogP contribution is -2.09. The lowest BCUT2D eigenvalue weighted by atomic mass is 10.2. The van der Waals surface area contributed by atoms with Crippen LogP contribution in [0.2, 0.25) is 0 Å². The van der Waals surface area contributed by atoms with E-state index in [1.54, 1.807) is 0 Å². The van der Waals surface area contributed by atoms with Crippen molar-refractivity contribution >= 4 is 5.84 Å². The van der Waals surface area contributed by atoms with Crippen LogP contribution >= 0.6 is 0 Å². The van der Waals surface area contributed by atoms with Crippen LogP contribution in [-0.4, -0.2) is 17.5 Å². The summed E-state index contributed by atoms with van der Waals surface area (Å²) in [6.07, 6.45) is 2.37. The van der Waals surface area contributed by atoms with Gasteiger partial charge in [-0.3, -0.25) is 5.41 Å². The molecule has 4 N–H and O–H groups in total. The lowest BCUT2D eigenvalue weighted by molar-refractivity contribution is 0.278. The SMILES string of the molecule is N=C(N)CCCCOc1cccc(CO)c1. The summed E-state index contributed by atoms with van der Waals surface area (Å²) in [5.41, 5.74) is 6.09. The number of unbranched alkanes of at least 4 members (excludes halogenated alkanes) is 1. The summed E-state index contributed by atoms with van der Waals surface area (Å²) in [6, 6.07) is 7.40. The summed E-state index contributed by atoms with van der Waals surface area (Å²) >= 11 is 0. The van der Waals surface area contributed by atoms with Crippen molar-refractivity contribution in [3.8, 4) is 5.75 Å². The molecule has 88 valence electrons. The van der Waals surface area contributed by atoms with Gasteiger partial charge in [0.15, 0.2) is 0 Å². The van der Waals surface area contributed by atoms with Crippen molar-refractivity contribution in [3.05, 3.63) is 29.8 Å². The van der Waals surface area contributed by atoms with Crippen LogP contribution in [0.15, 0.2) is 24.3 Å². The molecule has 1 aromatic rings. The fourth-order valence-electron chi connectivity index (χ4n) is 1.34. The highest BCUT2D eigenvalue weighted by Gasteiger charge is 1.96. The molecule has 0 aliphatic rings. The van der Waals surface area contributed by atoms with E-state index in [4.69, 9.17) is 21.0 Å². The number of hydrogen-bond donors (Lipinski definition) is 3. The molecule has 0 radical (unpaired) electrons. The highest BCUT2D eigenvalue weighted by Crippen LogP contribution is 2.13. The minimum Gasteiger partial charge on any atom is -0.494 e. The molecule has 0 saturated heterocycles. The quantitative estimate of drug-likeness (QED) is 0.373. The van der Waals surface area contributed by atoms with E-state index in [-0.39, 0.29) is 12.4 Å². The van der Waals surface area contributed by atoms with Gasteiger partial charge in [-0.2, -0.15) is 0 Å². The van der Waals surface area contributed by atoms with E-state index in [0.717, 1.165) is 24.2 Å². The summed E-state index contributed by atoms with van der Waals surface area (Å²) in [4.78, 5) is 0. The second-order valence-electron chi connectivity index (χ2n) is 3.64. The predicted octanol–water partition coefficient (Wildman–Crippen LogP) is 1.66. The molecule has 16 heavy (non-hydrogen) atoms. The Morgan fingerprint density at radius 1 is 1.38 bits per heavy atom. The molecule has 0 aliphatic carbocycles. The molecule has 0 bridgehead atoms. The van der Waals surface area contributed by atoms with E-state index in [0.29, 0.717) is 13.0 Å². The van der Waals surface area contributed by atoms with Gasteiger partial charge in [0.05, 0.1) is 19.0 Å². The first-order valence-electron chi connectivity index (χ1n) is 5.38. The molecule has 0 amide bonds. The Bertz CT molecular complexity index is 340. The molecule has 0 spiro atoms. The highest BCUT2D eigenvalue weighted by atomic mass is 16.5. The standard InChI is InChI=1S/C12H18N2O2/c13-12(14)6-1-2-7-16-11-5-3-4-10(8-11)9-15/h3-5,8,15H,1-2,6-7,9H2,(H3,13,14). The van der Waals surface area contributed by atoms with Crippen molar-refractivity contribution in [1.29, 1.82) is 5.41 Å². The molecule has 0 unspecified atom stereocenters. The number of benzene rings is 1. The van der Waals surface area contributed by atoms with Crippen LogP contribution in [0.4, 0.5) is 0 Å². The third-order valence-electron chi connectivity index (χ3n) is 2.19. The fourth-order valence-corrected chi connectivity index (χ4v) is 1.34. The molecule has 0 aromatic heterocycles. The van der Waals surface area contributed by atoms with Crippen molar-refractivity contribution in [2.45, 2.75) is 25.9 Å². The molecule has 1 rings (SSSR count). The molecule has 0 saturated carbocycles. The van der Waals surface area contributed by atoms with E-state index < -0.39 is 0 Å². The summed E-state index contributed by atoms with van der Waals surface area (Å²) in [6.45, 7) is 0.643. The molecule has 1 aromatic carbocycles. The van der Waals surface area contributed by atoms with Gasteiger partial charge < -0.3 is 15.6 Å². The smallest absolute Gasteiger partial charge is 0.119 e. The van der Waals surface area contributed by atoms with Crippen molar-refractivity contribution in [2.24, 2.45) is 5.73 Å². The first-order chi connectivity index (χ1) is 7.72. The Morgan fingerprint density at radius 2 is 2.19 bits per heavy atom. The Balaban J connectivity index is 2.23. The van der Waals surface area contributed by atoms with Crippen LogP contribution in [0.25, 0.3) is 0 Å². The number of amidine groups is 1. The zero-order valence-corrected chi connectivity index (χ0v) is 9.28. The zero-order chi connectivity index (χ0) is 11.8. The van der Waals surface area contributed by atoms with E-state index in [1.807, 2.05) is 24.3 Å². The number of aliphatic hydroxyl groups is 1. The lowest BCUT2D eigenvalue weighted by Gasteiger charge is -2.06. The van der Waals surface area contributed by atoms with E-state index in [1.165, 1.54) is 0 Å². The van der Waals surface area contributed by atoms with Gasteiger partial charge in [0, 0.05) is 6.42 Å². The number of nitrogens with one attached hydrogen (secondary N) is 1. The maximum Gasteiger partial charge on any atom is 0.119 e. The predicted molar refractivity (Wildman–Crippen MR) is 63.6 cm³/mol. The van der Waals surface area contributed by atoms with Gasteiger partial charge in [-0.25, -0.2) is 0 Å². The molecule has 4 nitrogen and oxygen atoms in total. The topological polar surface area (TPSA) is 79.3 Å². The molecular weight excluding hydrogens is 204 g/mol. The van der Waals surface area contributed by atoms with Crippen LogP contribution in [-0.2, 0) is 6.61 Å². The van der Waals surface area contributed by atoms with Crippen LogP contribution in [0, 0.1) is 5.41 Å². The normalized spacial score (nSPS) is 10.1. The van der Waals surface area contributed by atoms with E-state index in [9.17, 15) is 0 Å². The van der Waals surface area contributed by atoms with Gasteiger partial charge in [-0.05, 0) is 30.5 Å². The van der Waals surface area contributed by atoms with Crippen LogP contribution in [0.3, 0.4) is 0 Å². The maximum absolute atomic E-state index is 8.94. The van der Waals surface area contributed by atoms with Gasteiger partial charge in [0.2, 0.25) is 0 Å². The van der Waals surface area contributed by atoms with Crippen molar-refractivity contribution in [1.82, 2.24) is 0 Å². The summed E-state index contributed by atoms with van der Waals surface area (Å²) < 4.78 is 5.51. The Kier molecular flexibility index (Phi) is 5.36. The molecule has 0 atom stereocenters. The van der Waals surface area contributed by atoms with Gasteiger partial charge in [-0.15, -0.1) is 0 Å². The minimum atomic E-state index is 0.0293. The first-order valence-corrected chi connectivity index (χ1v) is 5.38. The Morgan fingerprint density at radius 3 is 2.88 bits per heavy atom. The Hall–Kier alpha value is -1.55. The second kappa shape index (κ2) is 6.85. The van der Waals surface area contributed by atoms with Crippen molar-refractivity contribution < 1.29 is 9.84 Å². The van der Waals surface area contributed by atoms with Gasteiger partial charge >= 0.3 is 0 Å². The molecule has 0 heterocycles. The third kappa shape index (κ3) is 4.79. The van der Waals surface area contributed by atoms with Gasteiger partial charge in [-0.1, -0.05) is 12.1 Å². The van der Waals surface area contributed by atoms with Crippen LogP contribution < -0.4 is 10.5 Å². The van der Waals surface area contributed by atoms with Crippen LogP contribution in [0.1, 0.15) is 24.8 Å². The van der Waals surface area contributed by atoms with Crippen molar-refractivity contribution in [2.75, 3.05) is 6.61 Å². The number of hydrogen-bond acceptors (Lipinski definition) is 3. The highest BCUT2D eigenvalue weighted by molar-refractivity contribution is 5.76. The average Bonchev–Trinajstić information content (AvgIpc) is 2.28. The molecule has 0 fully saturated rings. The summed E-state index contributed by atoms with van der Waals surface area (Å²) in [5.74, 6) is 0.997. The van der Waals surface area contributed by atoms with E-state index >= 15 is 0 Å². The largest absolute Gasteiger partial charge is 0.494 e. The van der Waals surface area contributed by atoms with Gasteiger partial charge in [0.1, 0.15) is 5.75 Å². The minimum absolute atomic E-state index is 0.0293. The first kappa shape index (κ1) is 12.5. The Labute approximate surface area is 95.6 Å². The third-order valence-corrected chi connectivity index (χ3v) is 2.19. The number of ether oxygens (including phenoxy) is 1. The molecular formula is C12H18N2O2. The van der Waals surface area contributed by atoms with Crippen molar-refractivity contribution in [3.63, 3.8) is 0 Å². The molecule has 4 heteroatoms. The number of aliphatic hydroxyl groups excluding tert-OH is 1. The van der Waals surface area contributed by atoms with Crippen LogP contribution in [0.5, 0.6) is 5.75 Å². The maximum atomic E-state index is 8.94. The second-order valence-corrected chi connectivity index (χ2v) is 3.64. The number of nitrogens with two attached hydrogens (primary N) is 1. The summed E-state index contributed by atoms with van der Waals surface area (Å²) in [5, 5.41) is 16.0. The average molecular weight is 222 g/mol. The number of rotatable bonds is 7. The fraction of sp³-hybridized carbons (Fsp3) is 0.417. The summed E-state index contributed by atoms with van der Waals surface area (Å²) in [7, 11) is 0.